The minimum absolute atomic E-state index is 0.418. The van der Waals surface area contributed by atoms with Crippen molar-refractivity contribution in [2.75, 3.05) is 12.4 Å². The highest BCUT2D eigenvalue weighted by Gasteiger charge is 2.25. The zero-order valence-electron chi connectivity index (χ0n) is 18.6. The van der Waals surface area contributed by atoms with E-state index in [9.17, 15) is 5.11 Å². The molecule has 5 heteroatoms. The number of hydrogen-bond donors (Lipinski definition) is 2. The first-order valence-corrected chi connectivity index (χ1v) is 11.5. The van der Waals surface area contributed by atoms with Gasteiger partial charge in [0.1, 0.15) is 17.8 Å². The number of ether oxygens (including phenoxy) is 1. The number of fused-ring (bicyclic) bond motifs is 3. The van der Waals surface area contributed by atoms with Gasteiger partial charge < -0.3 is 15.2 Å². The highest BCUT2D eigenvalue weighted by atomic mass is 16.5. The Balaban J connectivity index is 1.69. The van der Waals surface area contributed by atoms with Crippen LogP contribution in [0.25, 0.3) is 11.3 Å². The number of methoxy groups -OCH3 is 1. The summed E-state index contributed by atoms with van der Waals surface area (Å²) in [6.07, 6.45) is 9.33. The van der Waals surface area contributed by atoms with Crippen LogP contribution in [0.1, 0.15) is 69.3 Å². The quantitative estimate of drug-likeness (QED) is 0.619. The molecule has 2 aliphatic carbocycles. The number of aliphatic hydroxyl groups excluding tert-OH is 1. The first-order valence-electron chi connectivity index (χ1n) is 11.5. The summed E-state index contributed by atoms with van der Waals surface area (Å²) in [5.74, 6) is 2.75. The molecule has 4 rings (SSSR count). The molecular weight excluding hydrogens is 374 g/mol. The molecule has 162 valence electrons. The lowest BCUT2D eigenvalue weighted by Gasteiger charge is -2.26. The monoisotopic (exact) mass is 409 g/mol. The van der Waals surface area contributed by atoms with Crippen molar-refractivity contribution in [3.63, 3.8) is 0 Å². The zero-order valence-corrected chi connectivity index (χ0v) is 18.6. The summed E-state index contributed by atoms with van der Waals surface area (Å²) in [5, 5.41) is 13.8. The van der Waals surface area contributed by atoms with Crippen LogP contribution in [-0.2, 0) is 19.3 Å². The predicted molar refractivity (Wildman–Crippen MR) is 121 cm³/mol. The van der Waals surface area contributed by atoms with E-state index in [4.69, 9.17) is 14.7 Å². The maximum absolute atomic E-state index is 10.5. The Morgan fingerprint density at radius 1 is 1.13 bits per heavy atom. The summed E-state index contributed by atoms with van der Waals surface area (Å²) in [6.45, 7) is 4.25. The second-order valence-electron chi connectivity index (χ2n) is 9.34. The minimum atomic E-state index is -0.595. The van der Waals surface area contributed by atoms with E-state index >= 15 is 0 Å². The lowest BCUT2D eigenvalue weighted by Crippen LogP contribution is -2.24. The Labute approximate surface area is 180 Å². The number of aryl methyl sites for hydroxylation is 2. The van der Waals surface area contributed by atoms with Gasteiger partial charge in [0.15, 0.2) is 0 Å². The maximum Gasteiger partial charge on any atom is 0.150 e. The Hall–Kier alpha value is -2.14. The fourth-order valence-electron chi connectivity index (χ4n) is 4.87. The van der Waals surface area contributed by atoms with Crippen LogP contribution in [0.15, 0.2) is 18.2 Å². The molecule has 1 unspecified atom stereocenters. The molecule has 30 heavy (non-hydrogen) atoms. The van der Waals surface area contributed by atoms with Gasteiger partial charge in [0, 0.05) is 5.56 Å². The predicted octanol–water partition coefficient (Wildman–Crippen LogP) is 5.15. The fraction of sp³-hybridized carbons (Fsp3) is 0.600. The minimum Gasteiger partial charge on any atom is -0.497 e. The van der Waals surface area contributed by atoms with E-state index in [0.717, 1.165) is 47.9 Å². The van der Waals surface area contributed by atoms with Gasteiger partial charge in [0.25, 0.3) is 0 Å². The second kappa shape index (κ2) is 9.34. The summed E-state index contributed by atoms with van der Waals surface area (Å²) in [7, 11) is 1.71. The third kappa shape index (κ3) is 4.77. The first-order chi connectivity index (χ1) is 14.5. The van der Waals surface area contributed by atoms with Gasteiger partial charge in [0.2, 0.25) is 0 Å². The Morgan fingerprint density at radius 2 is 1.93 bits per heavy atom. The third-order valence-electron chi connectivity index (χ3n) is 6.44. The van der Waals surface area contributed by atoms with Crippen molar-refractivity contribution >= 4 is 5.82 Å². The molecule has 0 amide bonds. The molecule has 1 saturated carbocycles. The van der Waals surface area contributed by atoms with Crippen molar-refractivity contribution in [3.8, 4) is 17.0 Å². The Morgan fingerprint density at radius 3 is 2.67 bits per heavy atom. The second-order valence-corrected chi connectivity index (χ2v) is 9.34. The molecule has 0 spiro atoms. The topological polar surface area (TPSA) is 67.3 Å². The van der Waals surface area contributed by atoms with Gasteiger partial charge in [-0.1, -0.05) is 46.0 Å². The number of hydrogen-bond acceptors (Lipinski definition) is 5. The SMILES string of the molecule is COc1ccc2c(c1)CCc1nc(NC(O)CC(C)C)c(CC3CCCCC3)nc1-2. The molecule has 0 radical (unpaired) electrons. The zero-order chi connectivity index (χ0) is 21.1. The lowest BCUT2D eigenvalue weighted by atomic mass is 9.85. The van der Waals surface area contributed by atoms with E-state index in [-0.39, 0.29) is 0 Å². The number of aromatic nitrogens is 2. The smallest absolute Gasteiger partial charge is 0.150 e. The standard InChI is InChI=1S/C25H35N3O2/c1-16(2)13-23(29)28-25-22(14-17-7-5-4-6-8-17)26-24-20-11-10-19(30-3)15-18(20)9-12-21(24)27-25/h10-11,15-17,23,29H,4-9,12-14H2,1-3H3,(H,27,28). The van der Waals surface area contributed by atoms with Crippen molar-refractivity contribution in [3.05, 3.63) is 35.2 Å². The Kier molecular flexibility index (Phi) is 6.57. The molecule has 1 fully saturated rings. The lowest BCUT2D eigenvalue weighted by molar-refractivity contribution is 0.175. The van der Waals surface area contributed by atoms with E-state index in [1.807, 2.05) is 6.07 Å². The van der Waals surface area contributed by atoms with E-state index in [1.165, 1.54) is 43.2 Å². The van der Waals surface area contributed by atoms with Crippen LogP contribution in [0.2, 0.25) is 0 Å². The van der Waals surface area contributed by atoms with Crippen LogP contribution in [0, 0.1) is 11.8 Å². The van der Waals surface area contributed by atoms with Crippen LogP contribution < -0.4 is 10.1 Å². The van der Waals surface area contributed by atoms with Crippen LogP contribution in [-0.4, -0.2) is 28.4 Å². The summed E-state index contributed by atoms with van der Waals surface area (Å²) in [6, 6.07) is 6.25. The van der Waals surface area contributed by atoms with Crippen LogP contribution in [0.5, 0.6) is 5.75 Å². The van der Waals surface area contributed by atoms with E-state index < -0.39 is 6.23 Å². The molecule has 0 bridgehead atoms. The van der Waals surface area contributed by atoms with Crippen LogP contribution in [0.3, 0.4) is 0 Å². The average molecular weight is 410 g/mol. The van der Waals surface area contributed by atoms with Crippen LogP contribution in [0.4, 0.5) is 5.82 Å². The number of benzene rings is 1. The molecule has 2 N–H and O–H groups in total. The maximum atomic E-state index is 10.5. The summed E-state index contributed by atoms with van der Waals surface area (Å²) in [5.41, 5.74) is 5.49. The van der Waals surface area contributed by atoms with Gasteiger partial charge in [-0.25, -0.2) is 9.97 Å². The molecule has 1 aromatic carbocycles. The average Bonchev–Trinajstić information content (AvgIpc) is 2.74. The van der Waals surface area contributed by atoms with Gasteiger partial charge in [-0.15, -0.1) is 0 Å². The fourth-order valence-corrected chi connectivity index (χ4v) is 4.87. The van der Waals surface area contributed by atoms with Gasteiger partial charge in [-0.05, 0) is 61.3 Å². The largest absolute Gasteiger partial charge is 0.497 e. The number of anilines is 1. The Bertz CT molecular complexity index is 875. The highest BCUT2D eigenvalue weighted by molar-refractivity contribution is 5.70. The molecule has 0 aliphatic heterocycles. The van der Waals surface area contributed by atoms with Crippen molar-refractivity contribution < 1.29 is 9.84 Å². The number of nitrogens with one attached hydrogen (secondary N) is 1. The molecule has 5 nitrogen and oxygen atoms in total. The molecular formula is C25H35N3O2. The molecule has 1 aromatic heterocycles. The van der Waals surface area contributed by atoms with Crippen molar-refractivity contribution in [1.29, 1.82) is 0 Å². The van der Waals surface area contributed by atoms with E-state index in [0.29, 0.717) is 18.3 Å². The summed E-state index contributed by atoms with van der Waals surface area (Å²) in [4.78, 5) is 10.2. The van der Waals surface area contributed by atoms with E-state index in [1.54, 1.807) is 7.11 Å². The molecule has 2 aromatic rings. The number of nitrogens with zero attached hydrogens (tertiary/aromatic N) is 2. The number of aliphatic hydroxyl groups is 1. The normalized spacial score (nSPS) is 17.4. The van der Waals surface area contributed by atoms with Crippen molar-refractivity contribution in [2.45, 2.75) is 77.9 Å². The van der Waals surface area contributed by atoms with Crippen molar-refractivity contribution in [2.24, 2.45) is 11.8 Å². The highest BCUT2D eigenvalue weighted by Crippen LogP contribution is 2.36. The molecule has 1 heterocycles. The third-order valence-corrected chi connectivity index (χ3v) is 6.44. The van der Waals surface area contributed by atoms with Gasteiger partial charge in [-0.2, -0.15) is 0 Å². The van der Waals surface area contributed by atoms with Crippen molar-refractivity contribution in [1.82, 2.24) is 9.97 Å². The van der Waals surface area contributed by atoms with Gasteiger partial charge >= 0.3 is 0 Å². The summed E-state index contributed by atoms with van der Waals surface area (Å²) < 4.78 is 5.41. The van der Waals surface area contributed by atoms with Gasteiger partial charge in [-0.3, -0.25) is 0 Å². The molecule has 0 saturated heterocycles. The number of rotatable bonds is 7. The first kappa shape index (κ1) is 21.1. The molecule has 2 aliphatic rings. The van der Waals surface area contributed by atoms with E-state index in [2.05, 4.69) is 31.3 Å². The van der Waals surface area contributed by atoms with Crippen LogP contribution >= 0.6 is 0 Å². The molecule has 1 atom stereocenters. The van der Waals surface area contributed by atoms with Gasteiger partial charge in [0.05, 0.1) is 24.2 Å². The summed E-state index contributed by atoms with van der Waals surface area (Å²) >= 11 is 0.